The van der Waals surface area contributed by atoms with Gasteiger partial charge >= 0.3 is 6.18 Å². The molecular formula is C32H27ClF3N5O2S. The third-order valence-electron chi connectivity index (χ3n) is 7.45. The van der Waals surface area contributed by atoms with Gasteiger partial charge in [0.15, 0.2) is 0 Å². The van der Waals surface area contributed by atoms with Crippen LogP contribution in [0, 0.1) is 0 Å². The average Bonchev–Trinajstić information content (AvgIpc) is 3.49. The fourth-order valence-corrected chi connectivity index (χ4v) is 6.03. The molecule has 6 rings (SSSR count). The second kappa shape index (κ2) is 12.5. The zero-order valence-corrected chi connectivity index (χ0v) is 25.1. The Morgan fingerprint density at radius 1 is 1.02 bits per heavy atom. The number of fused-ring (bicyclic) bond motifs is 1. The molecular weight excluding hydrogens is 611 g/mol. The lowest BCUT2D eigenvalue weighted by Gasteiger charge is -2.33. The number of benzene rings is 2. The minimum absolute atomic E-state index is 0.0166. The number of piperazine rings is 1. The highest BCUT2D eigenvalue weighted by molar-refractivity contribution is 7.16. The van der Waals surface area contributed by atoms with E-state index in [-0.39, 0.29) is 28.4 Å². The van der Waals surface area contributed by atoms with E-state index in [9.17, 15) is 18.0 Å². The van der Waals surface area contributed by atoms with E-state index in [1.807, 2.05) is 35.5 Å². The van der Waals surface area contributed by atoms with Crippen LogP contribution in [0.5, 0.6) is 11.5 Å². The highest BCUT2D eigenvalue weighted by Crippen LogP contribution is 2.37. The van der Waals surface area contributed by atoms with Crippen LogP contribution >= 0.6 is 22.9 Å². The summed E-state index contributed by atoms with van der Waals surface area (Å²) < 4.78 is 48.4. The molecule has 1 fully saturated rings. The van der Waals surface area contributed by atoms with Gasteiger partial charge in [-0.15, -0.1) is 11.3 Å². The first-order valence-corrected chi connectivity index (χ1v) is 15.1. The minimum atomic E-state index is -4.58. The number of pyridine rings is 2. The number of rotatable bonds is 7. The number of nitrogens with one attached hydrogen (secondary N) is 1. The molecule has 1 aliphatic heterocycles. The molecule has 0 bridgehead atoms. The molecule has 1 amide bonds. The molecule has 7 nitrogen and oxygen atoms in total. The van der Waals surface area contributed by atoms with Crippen molar-refractivity contribution < 1.29 is 22.7 Å². The number of halogens is 4. The van der Waals surface area contributed by atoms with E-state index in [0.29, 0.717) is 30.3 Å². The van der Waals surface area contributed by atoms with Gasteiger partial charge in [-0.25, -0.2) is 4.98 Å². The van der Waals surface area contributed by atoms with Crippen LogP contribution in [0.2, 0.25) is 5.02 Å². The van der Waals surface area contributed by atoms with Crippen molar-refractivity contribution in [1.82, 2.24) is 19.8 Å². The number of amides is 1. The summed E-state index contributed by atoms with van der Waals surface area (Å²) in [5.74, 6) is 0.202. The number of likely N-dealkylation sites (N-methyl/N-ethyl adjacent to an activating group) is 1. The summed E-state index contributed by atoms with van der Waals surface area (Å²) >= 11 is 7.84. The van der Waals surface area contributed by atoms with Crippen LogP contribution in [0.1, 0.15) is 21.5 Å². The molecule has 3 aromatic heterocycles. The number of aromatic nitrogens is 2. The predicted octanol–water partition coefficient (Wildman–Crippen LogP) is 7.82. The Balaban J connectivity index is 1.24. The average molecular weight is 638 g/mol. The fraction of sp³-hybridized carbons (Fsp3) is 0.219. The number of thiophene rings is 1. The van der Waals surface area contributed by atoms with E-state index in [4.69, 9.17) is 21.3 Å². The second-order valence-corrected chi connectivity index (χ2v) is 11.8. The Hall–Kier alpha value is -4.03. The Kier molecular flexibility index (Phi) is 8.55. The molecule has 0 saturated carbocycles. The van der Waals surface area contributed by atoms with Gasteiger partial charge in [-0.2, -0.15) is 13.2 Å². The summed E-state index contributed by atoms with van der Waals surface area (Å²) in [5, 5.41) is 5.42. The molecule has 226 valence electrons. The number of carbonyl (C=O) groups is 1. The quantitative estimate of drug-likeness (QED) is 0.196. The van der Waals surface area contributed by atoms with E-state index in [2.05, 4.69) is 15.2 Å². The van der Waals surface area contributed by atoms with Gasteiger partial charge in [0, 0.05) is 62.4 Å². The standard InChI is InChI=1S/C32H27ClF3N5O2S/c1-40-11-13-41(14-12-40)19-21-2-3-22(16-26(21)32(34,35)36)38-30(42)25-17-23(4-5-27(25)33)43-29-18-28(20-6-9-37-10-7-20)39-31-24(29)8-15-44-31/h2-10,15-18H,11-14,19H2,1H3,(H,38,42). The lowest BCUT2D eigenvalue weighted by Crippen LogP contribution is -2.44. The molecule has 44 heavy (non-hydrogen) atoms. The summed E-state index contributed by atoms with van der Waals surface area (Å²) in [7, 11) is 1.99. The van der Waals surface area contributed by atoms with Crippen LogP contribution in [0.3, 0.4) is 0 Å². The topological polar surface area (TPSA) is 70.6 Å². The number of carbonyl (C=O) groups excluding carboxylic acids is 1. The summed E-state index contributed by atoms with van der Waals surface area (Å²) in [6.45, 7) is 3.14. The Labute approximate surface area is 260 Å². The third-order valence-corrected chi connectivity index (χ3v) is 8.59. The van der Waals surface area contributed by atoms with Crippen molar-refractivity contribution in [2.75, 3.05) is 38.5 Å². The van der Waals surface area contributed by atoms with E-state index < -0.39 is 17.6 Å². The summed E-state index contributed by atoms with van der Waals surface area (Å²) in [6, 6.07) is 15.9. The van der Waals surface area contributed by atoms with Crippen molar-refractivity contribution in [3.63, 3.8) is 0 Å². The van der Waals surface area contributed by atoms with Crippen molar-refractivity contribution in [1.29, 1.82) is 0 Å². The molecule has 0 atom stereocenters. The van der Waals surface area contributed by atoms with E-state index in [1.165, 1.54) is 35.6 Å². The lowest BCUT2D eigenvalue weighted by atomic mass is 10.0. The van der Waals surface area contributed by atoms with Gasteiger partial charge in [-0.3, -0.25) is 14.7 Å². The predicted molar refractivity (Wildman–Crippen MR) is 167 cm³/mol. The minimum Gasteiger partial charge on any atom is -0.457 e. The number of hydrogen-bond donors (Lipinski definition) is 1. The summed E-state index contributed by atoms with van der Waals surface area (Å²) in [6.07, 6.45) is -1.22. The number of ether oxygens (including phenoxy) is 1. The molecule has 1 N–H and O–H groups in total. The van der Waals surface area contributed by atoms with Crippen molar-refractivity contribution in [3.05, 3.63) is 100 Å². The van der Waals surface area contributed by atoms with Crippen molar-refractivity contribution in [2.24, 2.45) is 0 Å². The molecule has 5 aromatic rings. The Morgan fingerprint density at radius 2 is 1.80 bits per heavy atom. The zero-order chi connectivity index (χ0) is 30.8. The molecule has 0 spiro atoms. The maximum atomic E-state index is 14.1. The normalized spacial score (nSPS) is 14.6. The maximum absolute atomic E-state index is 14.1. The molecule has 12 heteroatoms. The van der Waals surface area contributed by atoms with Crippen molar-refractivity contribution in [3.8, 4) is 22.8 Å². The first-order valence-electron chi connectivity index (χ1n) is 13.8. The van der Waals surface area contributed by atoms with Crippen LogP contribution in [0.15, 0.2) is 78.4 Å². The SMILES string of the molecule is CN1CCN(Cc2ccc(NC(=O)c3cc(Oc4cc(-c5ccncc5)nc5sccc45)ccc3Cl)cc2C(F)(F)F)CC1. The molecule has 0 unspecified atom stereocenters. The Bertz CT molecular complexity index is 1810. The zero-order valence-electron chi connectivity index (χ0n) is 23.6. The summed E-state index contributed by atoms with van der Waals surface area (Å²) in [4.78, 5) is 27.0. The highest BCUT2D eigenvalue weighted by Gasteiger charge is 2.34. The van der Waals surface area contributed by atoms with Gasteiger partial charge < -0.3 is 15.0 Å². The molecule has 1 saturated heterocycles. The largest absolute Gasteiger partial charge is 0.457 e. The van der Waals surface area contributed by atoms with E-state index in [0.717, 1.165) is 34.9 Å². The number of nitrogens with zero attached hydrogens (tertiary/aromatic N) is 4. The van der Waals surface area contributed by atoms with Gasteiger partial charge in [0.25, 0.3) is 5.91 Å². The van der Waals surface area contributed by atoms with Gasteiger partial charge in [0.05, 0.1) is 27.2 Å². The smallest absolute Gasteiger partial charge is 0.416 e. The fourth-order valence-electron chi connectivity index (χ4n) is 5.04. The number of hydrogen-bond acceptors (Lipinski definition) is 7. The molecule has 0 radical (unpaired) electrons. The molecule has 1 aliphatic rings. The number of alkyl halides is 3. The first kappa shape index (κ1) is 30.0. The van der Waals surface area contributed by atoms with Crippen LogP contribution in [0.4, 0.5) is 18.9 Å². The van der Waals surface area contributed by atoms with Crippen LogP contribution < -0.4 is 10.1 Å². The van der Waals surface area contributed by atoms with E-state index >= 15 is 0 Å². The Morgan fingerprint density at radius 3 is 2.55 bits per heavy atom. The third kappa shape index (κ3) is 6.71. The molecule has 2 aromatic carbocycles. The lowest BCUT2D eigenvalue weighted by molar-refractivity contribution is -0.138. The molecule has 0 aliphatic carbocycles. The number of anilines is 1. The molecule has 4 heterocycles. The van der Waals surface area contributed by atoms with Gasteiger partial charge in [-0.1, -0.05) is 17.7 Å². The second-order valence-electron chi connectivity index (χ2n) is 10.5. The van der Waals surface area contributed by atoms with Gasteiger partial charge in [-0.05, 0) is 66.5 Å². The van der Waals surface area contributed by atoms with Gasteiger partial charge in [0.1, 0.15) is 16.3 Å². The van der Waals surface area contributed by atoms with Crippen LogP contribution in [0.25, 0.3) is 21.5 Å². The van der Waals surface area contributed by atoms with Gasteiger partial charge in [0.2, 0.25) is 0 Å². The first-order chi connectivity index (χ1) is 21.1. The van der Waals surface area contributed by atoms with Crippen molar-refractivity contribution in [2.45, 2.75) is 12.7 Å². The summed E-state index contributed by atoms with van der Waals surface area (Å²) in [5.41, 5.74) is 1.02. The van der Waals surface area contributed by atoms with E-state index in [1.54, 1.807) is 24.5 Å². The van der Waals surface area contributed by atoms with Crippen LogP contribution in [-0.2, 0) is 12.7 Å². The van der Waals surface area contributed by atoms with Crippen molar-refractivity contribution >= 4 is 44.7 Å². The monoisotopic (exact) mass is 637 g/mol. The van der Waals surface area contributed by atoms with Crippen LogP contribution in [-0.4, -0.2) is 58.9 Å². The maximum Gasteiger partial charge on any atom is 0.416 e. The highest BCUT2D eigenvalue weighted by atomic mass is 35.5.